The van der Waals surface area contributed by atoms with E-state index in [4.69, 9.17) is 4.52 Å². The predicted molar refractivity (Wildman–Crippen MR) is 101 cm³/mol. The molecule has 5 rings (SSSR count). The first-order valence-corrected chi connectivity index (χ1v) is 11.0. The van der Waals surface area contributed by atoms with Crippen molar-refractivity contribution in [3.63, 3.8) is 0 Å². The van der Waals surface area contributed by atoms with E-state index < -0.39 is 16.1 Å². The average molecular weight is 399 g/mol. The van der Waals surface area contributed by atoms with E-state index in [1.54, 1.807) is 15.2 Å². The van der Waals surface area contributed by atoms with Crippen molar-refractivity contribution in [3.05, 3.63) is 48.6 Å². The molecular weight excluding hydrogens is 378 g/mol. The number of hydrogen-bond donors (Lipinski definition) is 0. The third-order valence-electron chi connectivity index (χ3n) is 5.76. The second-order valence-electron chi connectivity index (χ2n) is 7.36. The molecule has 0 unspecified atom stereocenters. The van der Waals surface area contributed by atoms with E-state index in [1.807, 2.05) is 37.3 Å². The number of piperidine rings is 1. The summed E-state index contributed by atoms with van der Waals surface area (Å²) in [6.45, 7) is 2.54. The SMILES string of the molecule is CCn1cc(S(=O)(=O)N2[C@H]3CC[C@@H](C3)[C@H]2c2nc(-c3ccccc3)no2)cn1. The molecule has 1 saturated carbocycles. The van der Waals surface area contributed by atoms with Gasteiger partial charge in [-0.25, -0.2) is 8.42 Å². The van der Waals surface area contributed by atoms with Crippen molar-refractivity contribution in [2.45, 2.75) is 49.7 Å². The lowest BCUT2D eigenvalue weighted by molar-refractivity contribution is 0.197. The summed E-state index contributed by atoms with van der Waals surface area (Å²) in [4.78, 5) is 4.77. The van der Waals surface area contributed by atoms with E-state index in [2.05, 4.69) is 15.2 Å². The van der Waals surface area contributed by atoms with Gasteiger partial charge in [0, 0.05) is 24.3 Å². The van der Waals surface area contributed by atoms with Crippen LogP contribution in [0.25, 0.3) is 11.4 Å². The van der Waals surface area contributed by atoms with E-state index >= 15 is 0 Å². The van der Waals surface area contributed by atoms with Gasteiger partial charge in [-0.3, -0.25) is 4.68 Å². The van der Waals surface area contributed by atoms with E-state index in [-0.39, 0.29) is 16.9 Å². The van der Waals surface area contributed by atoms with Crippen LogP contribution in [0.5, 0.6) is 0 Å². The highest BCUT2D eigenvalue weighted by molar-refractivity contribution is 7.89. The number of nitrogens with zero attached hydrogens (tertiary/aromatic N) is 5. The molecule has 1 aliphatic heterocycles. The van der Waals surface area contributed by atoms with Gasteiger partial charge >= 0.3 is 0 Å². The first kappa shape index (κ1) is 17.6. The number of aryl methyl sites for hydroxylation is 1. The fraction of sp³-hybridized carbons (Fsp3) is 0.421. The summed E-state index contributed by atoms with van der Waals surface area (Å²) >= 11 is 0. The molecule has 9 heteroatoms. The van der Waals surface area contributed by atoms with E-state index in [9.17, 15) is 8.42 Å². The maximum atomic E-state index is 13.4. The van der Waals surface area contributed by atoms with Crippen LogP contribution in [-0.2, 0) is 16.6 Å². The lowest BCUT2D eigenvalue weighted by atomic mass is 10.00. The van der Waals surface area contributed by atoms with Crippen LogP contribution in [-0.4, -0.2) is 38.7 Å². The topological polar surface area (TPSA) is 94.1 Å². The Morgan fingerprint density at radius 3 is 2.79 bits per heavy atom. The second-order valence-corrected chi connectivity index (χ2v) is 9.20. The molecule has 0 spiro atoms. The minimum absolute atomic E-state index is 0.0305. The first-order chi connectivity index (χ1) is 13.6. The summed E-state index contributed by atoms with van der Waals surface area (Å²) in [5.41, 5.74) is 0.847. The molecule has 2 fully saturated rings. The molecule has 8 nitrogen and oxygen atoms in total. The summed E-state index contributed by atoms with van der Waals surface area (Å²) in [5, 5.41) is 8.23. The smallest absolute Gasteiger partial charge is 0.247 e. The number of aromatic nitrogens is 4. The molecule has 3 aromatic rings. The monoisotopic (exact) mass is 399 g/mol. The molecule has 1 saturated heterocycles. The van der Waals surface area contributed by atoms with E-state index in [0.717, 1.165) is 24.8 Å². The molecule has 146 valence electrons. The highest BCUT2D eigenvalue weighted by Gasteiger charge is 2.54. The van der Waals surface area contributed by atoms with Crippen LogP contribution in [0.1, 0.15) is 38.1 Å². The fourth-order valence-corrected chi connectivity index (χ4v) is 6.26. The molecule has 1 aliphatic carbocycles. The molecule has 2 bridgehead atoms. The summed E-state index contributed by atoms with van der Waals surface area (Å²) < 4.78 is 35.6. The zero-order valence-corrected chi connectivity index (χ0v) is 16.3. The van der Waals surface area contributed by atoms with Gasteiger partial charge < -0.3 is 4.52 Å². The van der Waals surface area contributed by atoms with Crippen LogP contribution in [0.2, 0.25) is 0 Å². The third-order valence-corrected chi connectivity index (χ3v) is 7.65. The maximum absolute atomic E-state index is 13.4. The summed E-state index contributed by atoms with van der Waals surface area (Å²) in [6, 6.07) is 9.10. The largest absolute Gasteiger partial charge is 0.337 e. The Balaban J connectivity index is 1.52. The second kappa shape index (κ2) is 6.52. The zero-order chi connectivity index (χ0) is 19.3. The van der Waals surface area contributed by atoms with Crippen molar-refractivity contribution in [3.8, 4) is 11.4 Å². The maximum Gasteiger partial charge on any atom is 0.247 e. The minimum atomic E-state index is -3.69. The van der Waals surface area contributed by atoms with Crippen LogP contribution in [0.15, 0.2) is 52.1 Å². The molecule has 0 amide bonds. The van der Waals surface area contributed by atoms with Gasteiger partial charge in [0.25, 0.3) is 0 Å². The van der Waals surface area contributed by atoms with Gasteiger partial charge in [0.15, 0.2) is 0 Å². The Kier molecular flexibility index (Phi) is 4.09. The highest BCUT2D eigenvalue weighted by atomic mass is 32.2. The zero-order valence-electron chi connectivity index (χ0n) is 15.5. The van der Waals surface area contributed by atoms with Crippen molar-refractivity contribution < 1.29 is 12.9 Å². The van der Waals surface area contributed by atoms with Crippen molar-refractivity contribution in [1.29, 1.82) is 0 Å². The van der Waals surface area contributed by atoms with Gasteiger partial charge in [-0.15, -0.1) is 0 Å². The Morgan fingerprint density at radius 2 is 2.04 bits per heavy atom. The van der Waals surface area contributed by atoms with Gasteiger partial charge in [-0.2, -0.15) is 14.4 Å². The molecule has 2 aromatic heterocycles. The normalized spacial score (nSPS) is 24.8. The first-order valence-electron chi connectivity index (χ1n) is 9.53. The van der Waals surface area contributed by atoms with Crippen molar-refractivity contribution >= 4 is 10.0 Å². The van der Waals surface area contributed by atoms with E-state index in [1.165, 1.54) is 6.20 Å². The van der Waals surface area contributed by atoms with Gasteiger partial charge in [0.2, 0.25) is 21.7 Å². The molecule has 3 atom stereocenters. The molecule has 3 heterocycles. The Hall–Kier alpha value is -2.52. The van der Waals surface area contributed by atoms with Gasteiger partial charge in [-0.1, -0.05) is 35.5 Å². The fourth-order valence-electron chi connectivity index (χ4n) is 4.43. The number of benzene rings is 1. The summed E-state index contributed by atoms with van der Waals surface area (Å²) in [5.74, 6) is 1.05. The number of rotatable bonds is 5. The average Bonchev–Trinajstić information content (AvgIpc) is 3.51. The molecule has 1 aromatic carbocycles. The van der Waals surface area contributed by atoms with Crippen LogP contribution in [0.3, 0.4) is 0 Å². The highest BCUT2D eigenvalue weighted by Crippen LogP contribution is 2.52. The summed E-state index contributed by atoms with van der Waals surface area (Å²) in [6.07, 6.45) is 5.67. The van der Waals surface area contributed by atoms with Crippen LogP contribution < -0.4 is 0 Å². The lowest BCUT2D eigenvalue weighted by Crippen LogP contribution is -2.40. The van der Waals surface area contributed by atoms with Crippen molar-refractivity contribution in [2.24, 2.45) is 5.92 Å². The summed E-state index contributed by atoms with van der Waals surface area (Å²) in [7, 11) is -3.69. The minimum Gasteiger partial charge on any atom is -0.337 e. The van der Waals surface area contributed by atoms with Gasteiger partial charge in [0.1, 0.15) is 10.9 Å². The van der Waals surface area contributed by atoms with Crippen molar-refractivity contribution in [1.82, 2.24) is 24.2 Å². The third kappa shape index (κ3) is 2.68. The predicted octanol–water partition coefficient (Wildman–Crippen LogP) is 2.87. The van der Waals surface area contributed by atoms with E-state index in [0.29, 0.717) is 18.3 Å². The quantitative estimate of drug-likeness (QED) is 0.655. The lowest BCUT2D eigenvalue weighted by Gasteiger charge is -2.31. The molecule has 28 heavy (non-hydrogen) atoms. The molecule has 0 N–H and O–H groups in total. The Morgan fingerprint density at radius 1 is 1.21 bits per heavy atom. The molecule has 0 radical (unpaired) electrons. The Bertz CT molecular complexity index is 1090. The van der Waals surface area contributed by atoms with Crippen molar-refractivity contribution in [2.75, 3.05) is 0 Å². The number of hydrogen-bond acceptors (Lipinski definition) is 6. The van der Waals surface area contributed by atoms with Gasteiger partial charge in [0.05, 0.1) is 6.20 Å². The Labute approximate surface area is 163 Å². The molecular formula is C19H21N5O3S. The van der Waals surface area contributed by atoms with Crippen LogP contribution >= 0.6 is 0 Å². The van der Waals surface area contributed by atoms with Crippen LogP contribution in [0, 0.1) is 5.92 Å². The van der Waals surface area contributed by atoms with Crippen LogP contribution in [0.4, 0.5) is 0 Å². The number of fused-ring (bicyclic) bond motifs is 2. The standard InChI is InChI=1S/C19H21N5O3S/c1-2-23-12-16(11-20-23)28(25,26)24-15-9-8-14(10-15)17(24)19-21-18(22-27-19)13-6-4-3-5-7-13/h3-7,11-12,14-15,17H,2,8-10H2,1H3/t14-,15-,17-/m0/s1. The van der Waals surface area contributed by atoms with Gasteiger partial charge in [-0.05, 0) is 32.1 Å². The molecule has 2 aliphatic rings. The number of sulfonamides is 1.